The van der Waals surface area contributed by atoms with Gasteiger partial charge in [-0.1, -0.05) is 0 Å². The van der Waals surface area contributed by atoms with Crippen molar-refractivity contribution in [3.63, 3.8) is 0 Å². The first-order valence-corrected chi connectivity index (χ1v) is 4.40. The molecule has 15 heavy (non-hydrogen) atoms. The van der Waals surface area contributed by atoms with Gasteiger partial charge in [0.15, 0.2) is 0 Å². The topological polar surface area (TPSA) is 32.3 Å². The van der Waals surface area contributed by atoms with Gasteiger partial charge in [-0.05, 0) is 18.2 Å². The monoisotopic (exact) mass is 214 g/mol. The Morgan fingerprint density at radius 3 is 2.67 bits per heavy atom. The molecule has 82 valence electrons. The Labute approximate surface area is 86.7 Å². The second-order valence-electron chi connectivity index (χ2n) is 3.29. The highest BCUT2D eigenvalue weighted by Crippen LogP contribution is 2.09. The van der Waals surface area contributed by atoms with Gasteiger partial charge in [0.25, 0.3) is 0 Å². The minimum Gasteiger partial charge on any atom is -0.334 e. The van der Waals surface area contributed by atoms with E-state index in [9.17, 15) is 13.6 Å². The van der Waals surface area contributed by atoms with Crippen molar-refractivity contribution in [2.75, 3.05) is 14.1 Å². The molecule has 0 saturated carbocycles. The number of urea groups is 1. The van der Waals surface area contributed by atoms with Crippen LogP contribution in [0.3, 0.4) is 0 Å². The summed E-state index contributed by atoms with van der Waals surface area (Å²) in [5, 5.41) is 2.45. The summed E-state index contributed by atoms with van der Waals surface area (Å²) in [4.78, 5) is 12.4. The van der Waals surface area contributed by atoms with Crippen LogP contribution in [-0.2, 0) is 6.54 Å². The minimum atomic E-state index is -0.532. The van der Waals surface area contributed by atoms with Crippen LogP contribution in [0.5, 0.6) is 0 Å². The van der Waals surface area contributed by atoms with Crippen LogP contribution in [0.25, 0.3) is 0 Å². The molecular formula is C10H12F2N2O. The molecule has 0 unspecified atom stereocenters. The second kappa shape index (κ2) is 4.72. The average Bonchev–Trinajstić information content (AvgIpc) is 2.18. The number of rotatable bonds is 2. The molecule has 0 spiro atoms. The van der Waals surface area contributed by atoms with Crippen LogP contribution in [0.1, 0.15) is 5.56 Å². The fraction of sp³-hybridized carbons (Fsp3) is 0.300. The van der Waals surface area contributed by atoms with Gasteiger partial charge in [-0.15, -0.1) is 0 Å². The van der Waals surface area contributed by atoms with Crippen molar-refractivity contribution in [1.82, 2.24) is 10.2 Å². The molecule has 1 N–H and O–H groups in total. The maximum Gasteiger partial charge on any atom is 0.317 e. The molecule has 0 bridgehead atoms. The third-order valence-corrected chi connectivity index (χ3v) is 1.84. The van der Waals surface area contributed by atoms with Crippen LogP contribution in [0.15, 0.2) is 18.2 Å². The standard InChI is InChI=1S/C10H12F2N2O/c1-14(2)10(15)13-6-7-5-8(11)3-4-9(7)12/h3-5H,6H2,1-2H3,(H,13,15). The fourth-order valence-electron chi connectivity index (χ4n) is 1.01. The molecule has 0 atom stereocenters. The van der Waals surface area contributed by atoms with Crippen LogP contribution < -0.4 is 5.32 Å². The van der Waals surface area contributed by atoms with Crippen molar-refractivity contribution in [3.8, 4) is 0 Å². The highest BCUT2D eigenvalue weighted by atomic mass is 19.1. The van der Waals surface area contributed by atoms with Crippen LogP contribution in [0, 0.1) is 11.6 Å². The van der Waals surface area contributed by atoms with Gasteiger partial charge in [-0.25, -0.2) is 13.6 Å². The summed E-state index contributed by atoms with van der Waals surface area (Å²) in [7, 11) is 3.13. The number of amides is 2. The average molecular weight is 214 g/mol. The van der Waals surface area contributed by atoms with E-state index in [-0.39, 0.29) is 18.1 Å². The number of halogens is 2. The molecule has 0 aliphatic rings. The van der Waals surface area contributed by atoms with Gasteiger partial charge < -0.3 is 10.2 Å². The molecule has 0 saturated heterocycles. The van der Waals surface area contributed by atoms with E-state index in [0.717, 1.165) is 18.2 Å². The predicted molar refractivity (Wildman–Crippen MR) is 52.3 cm³/mol. The first-order valence-electron chi connectivity index (χ1n) is 4.40. The zero-order valence-corrected chi connectivity index (χ0v) is 8.55. The van der Waals surface area contributed by atoms with E-state index in [1.165, 1.54) is 4.90 Å². The molecule has 2 amide bonds. The molecular weight excluding hydrogens is 202 g/mol. The van der Waals surface area contributed by atoms with Gasteiger partial charge in [0.05, 0.1) is 0 Å². The van der Waals surface area contributed by atoms with Crippen molar-refractivity contribution in [3.05, 3.63) is 35.4 Å². The van der Waals surface area contributed by atoms with Crippen molar-refractivity contribution < 1.29 is 13.6 Å². The number of carbonyl (C=O) groups is 1. The molecule has 0 radical (unpaired) electrons. The SMILES string of the molecule is CN(C)C(=O)NCc1cc(F)ccc1F. The zero-order chi connectivity index (χ0) is 11.4. The smallest absolute Gasteiger partial charge is 0.317 e. The quantitative estimate of drug-likeness (QED) is 0.799. The predicted octanol–water partition coefficient (Wildman–Crippen LogP) is 1.74. The highest BCUT2D eigenvalue weighted by Gasteiger charge is 2.06. The second-order valence-corrected chi connectivity index (χ2v) is 3.29. The highest BCUT2D eigenvalue weighted by molar-refractivity contribution is 5.73. The Morgan fingerprint density at radius 1 is 1.40 bits per heavy atom. The van der Waals surface area contributed by atoms with Gasteiger partial charge in [-0.3, -0.25) is 0 Å². The van der Waals surface area contributed by atoms with E-state index in [1.54, 1.807) is 14.1 Å². The van der Waals surface area contributed by atoms with Crippen LogP contribution in [0.2, 0.25) is 0 Å². The maximum atomic E-state index is 13.1. The Bertz CT molecular complexity index is 366. The molecule has 3 nitrogen and oxygen atoms in total. The lowest BCUT2D eigenvalue weighted by Crippen LogP contribution is -2.34. The largest absolute Gasteiger partial charge is 0.334 e. The Kier molecular flexibility index (Phi) is 3.60. The lowest BCUT2D eigenvalue weighted by molar-refractivity contribution is 0.217. The summed E-state index contributed by atoms with van der Waals surface area (Å²) < 4.78 is 25.8. The first-order chi connectivity index (χ1) is 7.00. The van der Waals surface area contributed by atoms with Gasteiger partial charge in [0, 0.05) is 26.2 Å². The maximum absolute atomic E-state index is 13.1. The molecule has 0 aromatic heterocycles. The minimum absolute atomic E-state index is 0.0272. The van der Waals surface area contributed by atoms with E-state index in [2.05, 4.69) is 5.32 Å². The molecule has 0 fully saturated rings. The summed E-state index contributed by atoms with van der Waals surface area (Å²) in [6.45, 7) is -0.0272. The van der Waals surface area contributed by atoms with Crippen LogP contribution >= 0.6 is 0 Å². The fourth-order valence-corrected chi connectivity index (χ4v) is 1.01. The van der Waals surface area contributed by atoms with Crippen molar-refractivity contribution >= 4 is 6.03 Å². The van der Waals surface area contributed by atoms with Crippen molar-refractivity contribution in [2.45, 2.75) is 6.54 Å². The summed E-state index contributed by atoms with van der Waals surface area (Å²) in [5.74, 6) is -1.05. The third-order valence-electron chi connectivity index (χ3n) is 1.84. The van der Waals surface area contributed by atoms with E-state index in [4.69, 9.17) is 0 Å². The Hall–Kier alpha value is -1.65. The lowest BCUT2D eigenvalue weighted by Gasteiger charge is -2.12. The summed E-state index contributed by atoms with van der Waals surface area (Å²) in [6.07, 6.45) is 0. The van der Waals surface area contributed by atoms with E-state index >= 15 is 0 Å². The molecule has 0 aliphatic carbocycles. The molecule has 1 rings (SSSR count). The van der Waals surface area contributed by atoms with E-state index in [1.807, 2.05) is 0 Å². The molecule has 1 aromatic rings. The number of nitrogens with one attached hydrogen (secondary N) is 1. The number of hydrogen-bond acceptors (Lipinski definition) is 1. The molecule has 0 heterocycles. The Morgan fingerprint density at radius 2 is 2.07 bits per heavy atom. The summed E-state index contributed by atoms with van der Waals surface area (Å²) in [5.41, 5.74) is 0.130. The summed E-state index contributed by atoms with van der Waals surface area (Å²) >= 11 is 0. The first kappa shape index (κ1) is 11.4. The number of benzene rings is 1. The summed E-state index contributed by atoms with van der Waals surface area (Å²) in [6, 6.07) is 2.78. The number of nitrogens with zero attached hydrogens (tertiary/aromatic N) is 1. The molecule has 0 aliphatic heterocycles. The van der Waals surface area contributed by atoms with Gasteiger partial charge in [-0.2, -0.15) is 0 Å². The zero-order valence-electron chi connectivity index (χ0n) is 8.55. The number of carbonyl (C=O) groups excluding carboxylic acids is 1. The lowest BCUT2D eigenvalue weighted by atomic mass is 10.2. The van der Waals surface area contributed by atoms with Gasteiger partial charge in [0.1, 0.15) is 11.6 Å². The van der Waals surface area contributed by atoms with Gasteiger partial charge >= 0.3 is 6.03 Å². The van der Waals surface area contributed by atoms with E-state index in [0.29, 0.717) is 0 Å². The number of hydrogen-bond donors (Lipinski definition) is 1. The van der Waals surface area contributed by atoms with Gasteiger partial charge in [0.2, 0.25) is 0 Å². The van der Waals surface area contributed by atoms with Crippen LogP contribution in [-0.4, -0.2) is 25.0 Å². The Balaban J connectivity index is 2.65. The normalized spacial score (nSPS) is 9.87. The van der Waals surface area contributed by atoms with Crippen molar-refractivity contribution in [1.29, 1.82) is 0 Å². The van der Waals surface area contributed by atoms with E-state index < -0.39 is 11.6 Å². The third kappa shape index (κ3) is 3.19. The van der Waals surface area contributed by atoms with Crippen LogP contribution in [0.4, 0.5) is 13.6 Å². The van der Waals surface area contributed by atoms with Crippen molar-refractivity contribution in [2.24, 2.45) is 0 Å². The molecule has 1 aromatic carbocycles. The molecule has 5 heteroatoms.